The van der Waals surface area contributed by atoms with Crippen molar-refractivity contribution < 1.29 is 4.79 Å². The van der Waals surface area contributed by atoms with E-state index in [1.807, 2.05) is 24.3 Å². The summed E-state index contributed by atoms with van der Waals surface area (Å²) in [5.74, 6) is 0.00456. The Kier molecular flexibility index (Phi) is 2.20. The predicted octanol–water partition coefficient (Wildman–Crippen LogP) is 1.41. The fourth-order valence-corrected chi connectivity index (χ4v) is 1.67. The summed E-state index contributed by atoms with van der Waals surface area (Å²) in [6.07, 6.45) is 0.448. The van der Waals surface area contributed by atoms with Gasteiger partial charge in [0, 0.05) is 11.4 Å². The van der Waals surface area contributed by atoms with Crippen LogP contribution >= 0.6 is 11.6 Å². The summed E-state index contributed by atoms with van der Waals surface area (Å²) < 4.78 is 0. The van der Waals surface area contributed by atoms with Crippen LogP contribution in [0.2, 0.25) is 5.02 Å². The largest absolute Gasteiger partial charge is 0.291 e. The molecule has 2 rings (SSSR count). The van der Waals surface area contributed by atoms with E-state index in [9.17, 15) is 4.79 Å². The number of nitrogens with one attached hydrogen (secondary N) is 2. The second-order valence-electron chi connectivity index (χ2n) is 2.97. The first-order valence-corrected chi connectivity index (χ1v) is 4.44. The molecule has 0 bridgehead atoms. The van der Waals surface area contributed by atoms with E-state index in [4.69, 9.17) is 11.6 Å². The van der Waals surface area contributed by atoms with E-state index in [2.05, 4.69) is 10.9 Å². The van der Waals surface area contributed by atoms with Gasteiger partial charge < -0.3 is 0 Å². The number of amides is 1. The molecule has 1 aromatic rings. The molecule has 0 saturated carbocycles. The Hall–Kier alpha value is -1.06. The maximum atomic E-state index is 10.9. The van der Waals surface area contributed by atoms with Gasteiger partial charge in [-0.3, -0.25) is 10.2 Å². The molecule has 1 aliphatic heterocycles. The summed E-state index contributed by atoms with van der Waals surface area (Å²) in [5.41, 5.74) is 6.39. The van der Waals surface area contributed by atoms with Crippen LogP contribution < -0.4 is 10.9 Å². The Morgan fingerprint density at radius 2 is 2.15 bits per heavy atom. The summed E-state index contributed by atoms with van der Waals surface area (Å²) in [6.45, 7) is 0. The van der Waals surface area contributed by atoms with Crippen LogP contribution in [0.25, 0.3) is 0 Å². The summed E-state index contributed by atoms with van der Waals surface area (Å²) in [5, 5.41) is 0.691. The molecule has 0 spiro atoms. The number of hydrogen-bond donors (Lipinski definition) is 2. The first kappa shape index (κ1) is 8.53. The van der Waals surface area contributed by atoms with Crippen molar-refractivity contribution in [1.29, 1.82) is 0 Å². The van der Waals surface area contributed by atoms with Crippen LogP contribution in [0.5, 0.6) is 0 Å². The second-order valence-corrected chi connectivity index (χ2v) is 3.38. The van der Waals surface area contributed by atoms with E-state index < -0.39 is 0 Å². The first-order valence-electron chi connectivity index (χ1n) is 4.06. The zero-order chi connectivity index (χ0) is 9.26. The van der Waals surface area contributed by atoms with Crippen molar-refractivity contribution >= 4 is 17.5 Å². The summed E-state index contributed by atoms with van der Waals surface area (Å²) in [6, 6.07) is 7.52. The number of halogens is 1. The van der Waals surface area contributed by atoms with Crippen molar-refractivity contribution in [2.45, 2.75) is 12.5 Å². The lowest BCUT2D eigenvalue weighted by Gasteiger charge is -2.09. The van der Waals surface area contributed by atoms with Crippen molar-refractivity contribution in [1.82, 2.24) is 10.9 Å². The van der Waals surface area contributed by atoms with Gasteiger partial charge in [-0.1, -0.05) is 29.8 Å². The third-order valence-corrected chi connectivity index (χ3v) is 2.40. The molecule has 2 N–H and O–H groups in total. The van der Waals surface area contributed by atoms with Gasteiger partial charge in [0.15, 0.2) is 0 Å². The Morgan fingerprint density at radius 3 is 2.77 bits per heavy atom. The standard InChI is InChI=1S/C9H9ClN2O/c10-7-4-2-1-3-6(7)8-5-9(13)12-11-8/h1-4,8,11H,5H2,(H,12,13)/t8-/m1/s1. The maximum absolute atomic E-state index is 10.9. The van der Waals surface area contributed by atoms with E-state index in [0.29, 0.717) is 11.4 Å². The summed E-state index contributed by atoms with van der Waals surface area (Å²) in [7, 11) is 0. The van der Waals surface area contributed by atoms with Crippen molar-refractivity contribution in [2.24, 2.45) is 0 Å². The highest BCUT2D eigenvalue weighted by Crippen LogP contribution is 2.26. The minimum absolute atomic E-state index is 0.00111. The van der Waals surface area contributed by atoms with Gasteiger partial charge in [0.1, 0.15) is 0 Å². The highest BCUT2D eigenvalue weighted by atomic mass is 35.5. The molecule has 1 amide bonds. The van der Waals surface area contributed by atoms with Crippen LogP contribution in [0.15, 0.2) is 24.3 Å². The van der Waals surface area contributed by atoms with E-state index >= 15 is 0 Å². The lowest BCUT2D eigenvalue weighted by atomic mass is 10.1. The second kappa shape index (κ2) is 3.36. The van der Waals surface area contributed by atoms with Crippen LogP contribution in [-0.2, 0) is 4.79 Å². The van der Waals surface area contributed by atoms with Gasteiger partial charge in [-0.05, 0) is 11.6 Å². The van der Waals surface area contributed by atoms with Gasteiger partial charge in [-0.15, -0.1) is 0 Å². The number of carbonyl (C=O) groups excluding carboxylic acids is 1. The molecule has 0 aliphatic carbocycles. The maximum Gasteiger partial charge on any atom is 0.236 e. The molecule has 1 saturated heterocycles. The van der Waals surface area contributed by atoms with Crippen molar-refractivity contribution in [3.63, 3.8) is 0 Å². The molecule has 13 heavy (non-hydrogen) atoms. The number of hydrazine groups is 1. The van der Waals surface area contributed by atoms with E-state index in [-0.39, 0.29) is 11.9 Å². The van der Waals surface area contributed by atoms with Crippen molar-refractivity contribution in [3.8, 4) is 0 Å². The zero-order valence-corrected chi connectivity index (χ0v) is 7.64. The normalized spacial score (nSPS) is 21.6. The Balaban J connectivity index is 2.26. The smallest absolute Gasteiger partial charge is 0.236 e. The quantitative estimate of drug-likeness (QED) is 0.713. The molecule has 1 atom stereocenters. The van der Waals surface area contributed by atoms with Gasteiger partial charge in [0.05, 0.1) is 6.04 Å². The molecule has 0 aromatic heterocycles. The average molecular weight is 197 g/mol. The van der Waals surface area contributed by atoms with Gasteiger partial charge >= 0.3 is 0 Å². The lowest BCUT2D eigenvalue weighted by Crippen LogP contribution is -2.27. The van der Waals surface area contributed by atoms with E-state index in [1.54, 1.807) is 0 Å². The molecule has 1 heterocycles. The molecule has 1 fully saturated rings. The fourth-order valence-electron chi connectivity index (χ4n) is 1.40. The summed E-state index contributed by atoms with van der Waals surface area (Å²) in [4.78, 5) is 10.9. The third kappa shape index (κ3) is 1.66. The lowest BCUT2D eigenvalue weighted by molar-refractivity contribution is -0.119. The van der Waals surface area contributed by atoms with Crippen molar-refractivity contribution in [3.05, 3.63) is 34.9 Å². The summed E-state index contributed by atoms with van der Waals surface area (Å²) >= 11 is 5.97. The molecular weight excluding hydrogens is 188 g/mol. The highest BCUT2D eigenvalue weighted by Gasteiger charge is 2.23. The predicted molar refractivity (Wildman–Crippen MR) is 50.1 cm³/mol. The monoisotopic (exact) mass is 196 g/mol. The van der Waals surface area contributed by atoms with Gasteiger partial charge in [-0.2, -0.15) is 0 Å². The fraction of sp³-hybridized carbons (Fsp3) is 0.222. The topological polar surface area (TPSA) is 41.1 Å². The van der Waals surface area contributed by atoms with Crippen LogP contribution in [0.3, 0.4) is 0 Å². The molecule has 1 aromatic carbocycles. The van der Waals surface area contributed by atoms with Gasteiger partial charge in [0.2, 0.25) is 5.91 Å². The third-order valence-electron chi connectivity index (χ3n) is 2.06. The molecule has 0 radical (unpaired) electrons. The zero-order valence-electron chi connectivity index (χ0n) is 6.88. The highest BCUT2D eigenvalue weighted by molar-refractivity contribution is 6.31. The Morgan fingerprint density at radius 1 is 1.38 bits per heavy atom. The SMILES string of the molecule is O=C1C[C@H](c2ccccc2Cl)NN1. The first-order chi connectivity index (χ1) is 6.27. The van der Waals surface area contributed by atoms with Crippen LogP contribution in [0, 0.1) is 0 Å². The molecule has 0 unspecified atom stereocenters. The van der Waals surface area contributed by atoms with Crippen LogP contribution in [-0.4, -0.2) is 5.91 Å². The van der Waals surface area contributed by atoms with Crippen LogP contribution in [0.1, 0.15) is 18.0 Å². The molecule has 68 valence electrons. The number of carbonyl (C=O) groups is 1. The molecular formula is C9H9ClN2O. The number of rotatable bonds is 1. The average Bonchev–Trinajstić information content (AvgIpc) is 2.53. The van der Waals surface area contributed by atoms with E-state index in [0.717, 1.165) is 5.56 Å². The minimum Gasteiger partial charge on any atom is -0.291 e. The van der Waals surface area contributed by atoms with Crippen molar-refractivity contribution in [2.75, 3.05) is 0 Å². The molecule has 1 aliphatic rings. The number of hydrogen-bond acceptors (Lipinski definition) is 2. The van der Waals surface area contributed by atoms with Gasteiger partial charge in [0.25, 0.3) is 0 Å². The minimum atomic E-state index is 0.00111. The molecule has 4 heteroatoms. The molecule has 3 nitrogen and oxygen atoms in total. The number of benzene rings is 1. The Bertz CT molecular complexity index is 340. The van der Waals surface area contributed by atoms with Crippen LogP contribution in [0.4, 0.5) is 0 Å². The van der Waals surface area contributed by atoms with Gasteiger partial charge in [-0.25, -0.2) is 5.43 Å². The Labute approximate surface area is 81.1 Å². The van der Waals surface area contributed by atoms with E-state index in [1.165, 1.54) is 0 Å².